The molecule has 188 valence electrons. The molecule has 0 N–H and O–H groups in total. The molecule has 1 saturated carbocycles. The molecule has 0 bridgehead atoms. The van der Waals surface area contributed by atoms with Gasteiger partial charge in [-0.25, -0.2) is 0 Å². The Kier molecular flexibility index (Phi) is 10.7. The highest BCUT2D eigenvalue weighted by Gasteiger charge is 2.38. The Bertz CT molecular complexity index is 939. The summed E-state index contributed by atoms with van der Waals surface area (Å²) in [4.78, 5) is 12.7. The topological polar surface area (TPSA) is 75.9 Å². The molecular formula is C30H41N3O2. The van der Waals surface area contributed by atoms with Gasteiger partial charge in [-0.05, 0) is 56.6 Å². The van der Waals surface area contributed by atoms with E-state index < -0.39 is 0 Å². The lowest BCUT2D eigenvalue weighted by atomic mass is 9.69. The van der Waals surface area contributed by atoms with Crippen molar-refractivity contribution in [3.8, 4) is 23.2 Å². The van der Waals surface area contributed by atoms with Crippen LogP contribution in [0.5, 0.6) is 5.88 Å². The molecule has 1 aromatic heterocycles. The molecule has 5 heteroatoms. The predicted molar refractivity (Wildman–Crippen MR) is 140 cm³/mol. The Hall–Kier alpha value is -2.74. The molecule has 0 spiro atoms. The first kappa shape index (κ1) is 26.9. The van der Waals surface area contributed by atoms with E-state index in [-0.39, 0.29) is 23.2 Å². The van der Waals surface area contributed by atoms with E-state index in [1.807, 2.05) is 6.07 Å². The fraction of sp³-hybridized carbons (Fsp3) is 0.600. The average molecular weight is 476 g/mol. The van der Waals surface area contributed by atoms with Crippen molar-refractivity contribution in [3.63, 3.8) is 0 Å². The Labute approximate surface area is 211 Å². The molecule has 0 aliphatic heterocycles. The SMILES string of the molecule is CCCCCCC[C@]1(C#N)CC[C@H](C(=O)Oc2ccc(-c3ccc(CCCCC)cc3)nn2)CC1. The van der Waals surface area contributed by atoms with Crippen LogP contribution in [0.3, 0.4) is 0 Å². The van der Waals surface area contributed by atoms with Crippen LogP contribution >= 0.6 is 0 Å². The second-order valence-electron chi connectivity index (χ2n) is 10.2. The van der Waals surface area contributed by atoms with Gasteiger partial charge in [0.25, 0.3) is 0 Å². The third-order valence-corrected chi connectivity index (χ3v) is 7.44. The third kappa shape index (κ3) is 8.16. The van der Waals surface area contributed by atoms with Crippen LogP contribution in [0.15, 0.2) is 36.4 Å². The number of unbranched alkanes of at least 4 members (excludes halogenated alkanes) is 6. The summed E-state index contributed by atoms with van der Waals surface area (Å²) in [5.74, 6) is -0.181. The van der Waals surface area contributed by atoms with Gasteiger partial charge in [-0.15, -0.1) is 10.2 Å². The summed E-state index contributed by atoms with van der Waals surface area (Å²) in [5, 5.41) is 18.2. The predicted octanol–water partition coefficient (Wildman–Crippen LogP) is 7.84. The molecule has 0 amide bonds. The highest BCUT2D eigenvalue weighted by atomic mass is 16.5. The molecule has 1 fully saturated rings. The molecule has 3 rings (SSSR count). The van der Waals surface area contributed by atoms with Crippen molar-refractivity contribution in [2.45, 2.75) is 104 Å². The van der Waals surface area contributed by atoms with Crippen molar-refractivity contribution in [2.75, 3.05) is 0 Å². The normalized spacial score (nSPS) is 19.7. The van der Waals surface area contributed by atoms with Crippen molar-refractivity contribution in [3.05, 3.63) is 42.0 Å². The lowest BCUT2D eigenvalue weighted by Crippen LogP contribution is -2.31. The molecule has 5 nitrogen and oxygen atoms in total. The van der Waals surface area contributed by atoms with E-state index in [4.69, 9.17) is 4.74 Å². The zero-order chi connectivity index (χ0) is 24.9. The lowest BCUT2D eigenvalue weighted by Gasteiger charge is -2.34. The highest BCUT2D eigenvalue weighted by molar-refractivity contribution is 5.75. The van der Waals surface area contributed by atoms with Crippen LogP contribution < -0.4 is 4.74 Å². The van der Waals surface area contributed by atoms with E-state index in [0.717, 1.165) is 43.4 Å². The average Bonchev–Trinajstić information content (AvgIpc) is 2.90. The summed E-state index contributed by atoms with van der Waals surface area (Å²) >= 11 is 0. The van der Waals surface area contributed by atoms with Crippen molar-refractivity contribution >= 4 is 5.97 Å². The number of rotatable bonds is 13. The fourth-order valence-corrected chi connectivity index (χ4v) is 5.03. The highest BCUT2D eigenvalue weighted by Crippen LogP contribution is 2.42. The minimum atomic E-state index is -0.268. The summed E-state index contributed by atoms with van der Waals surface area (Å²) < 4.78 is 5.55. The van der Waals surface area contributed by atoms with Gasteiger partial charge in [0.1, 0.15) is 0 Å². The van der Waals surface area contributed by atoms with Crippen molar-refractivity contribution in [1.29, 1.82) is 5.26 Å². The van der Waals surface area contributed by atoms with Gasteiger partial charge in [0, 0.05) is 11.6 Å². The quantitative estimate of drug-likeness (QED) is 0.218. The van der Waals surface area contributed by atoms with E-state index >= 15 is 0 Å². The van der Waals surface area contributed by atoms with Crippen LogP contribution in [0.25, 0.3) is 11.3 Å². The summed E-state index contributed by atoms with van der Waals surface area (Å²) in [7, 11) is 0. The van der Waals surface area contributed by atoms with E-state index in [0.29, 0.717) is 12.8 Å². The largest absolute Gasteiger partial charge is 0.406 e. The Morgan fingerprint density at radius 3 is 2.26 bits per heavy atom. The number of hydrogen-bond donors (Lipinski definition) is 0. The van der Waals surface area contributed by atoms with Crippen LogP contribution in [-0.4, -0.2) is 16.2 Å². The van der Waals surface area contributed by atoms with Crippen molar-refractivity contribution < 1.29 is 9.53 Å². The number of esters is 1. The van der Waals surface area contributed by atoms with Gasteiger partial charge in [0.05, 0.1) is 23.1 Å². The number of carbonyl (C=O) groups is 1. The molecule has 0 saturated heterocycles. The van der Waals surface area contributed by atoms with E-state index in [2.05, 4.69) is 54.4 Å². The molecule has 1 aliphatic rings. The van der Waals surface area contributed by atoms with Crippen molar-refractivity contribution in [2.24, 2.45) is 11.3 Å². The minimum Gasteiger partial charge on any atom is -0.406 e. The minimum absolute atomic E-state index is 0.168. The molecule has 1 heterocycles. The Balaban J connectivity index is 1.47. The maximum Gasteiger partial charge on any atom is 0.315 e. The molecule has 1 aliphatic carbocycles. The van der Waals surface area contributed by atoms with Crippen LogP contribution in [0.1, 0.15) is 103 Å². The first-order chi connectivity index (χ1) is 17.1. The number of aryl methyl sites for hydroxylation is 1. The molecule has 1 aromatic carbocycles. The van der Waals surface area contributed by atoms with Crippen LogP contribution in [-0.2, 0) is 11.2 Å². The smallest absolute Gasteiger partial charge is 0.315 e. The molecule has 0 unspecified atom stereocenters. The first-order valence-electron chi connectivity index (χ1n) is 13.6. The van der Waals surface area contributed by atoms with Gasteiger partial charge in [-0.3, -0.25) is 4.79 Å². The number of carbonyl (C=O) groups excluding carboxylic acids is 1. The van der Waals surface area contributed by atoms with E-state index in [1.54, 1.807) is 6.07 Å². The number of nitrogens with zero attached hydrogens (tertiary/aromatic N) is 3. The summed E-state index contributed by atoms with van der Waals surface area (Å²) in [6.45, 7) is 4.43. The number of aromatic nitrogens is 2. The molecule has 0 atom stereocenters. The lowest BCUT2D eigenvalue weighted by molar-refractivity contribution is -0.140. The molecule has 35 heavy (non-hydrogen) atoms. The molecule has 2 aromatic rings. The van der Waals surface area contributed by atoms with Gasteiger partial charge in [0.2, 0.25) is 5.88 Å². The van der Waals surface area contributed by atoms with E-state index in [1.165, 1.54) is 50.5 Å². The zero-order valence-electron chi connectivity index (χ0n) is 21.6. The van der Waals surface area contributed by atoms with Gasteiger partial charge in [0.15, 0.2) is 0 Å². The van der Waals surface area contributed by atoms with Crippen LogP contribution in [0, 0.1) is 22.7 Å². The van der Waals surface area contributed by atoms with Gasteiger partial charge < -0.3 is 4.74 Å². The van der Waals surface area contributed by atoms with Crippen molar-refractivity contribution in [1.82, 2.24) is 10.2 Å². The molecule has 0 radical (unpaired) electrons. The standard InChI is InChI=1S/C30H41N3O2/c1-3-5-7-8-10-20-30(23-31)21-18-26(19-22-30)29(34)35-28-17-16-27(32-33-28)25-14-12-24(13-15-25)11-9-6-4-2/h12-17,26H,3-11,18-22H2,1-2H3/t26-,30-. The second-order valence-corrected chi connectivity index (χ2v) is 10.2. The Morgan fingerprint density at radius 1 is 0.943 bits per heavy atom. The Morgan fingerprint density at radius 2 is 1.63 bits per heavy atom. The summed E-state index contributed by atoms with van der Waals surface area (Å²) in [6, 6.07) is 14.6. The summed E-state index contributed by atoms with van der Waals surface area (Å²) in [6.07, 6.45) is 14.7. The number of hydrogen-bond acceptors (Lipinski definition) is 5. The second kappa shape index (κ2) is 14.0. The third-order valence-electron chi connectivity index (χ3n) is 7.44. The van der Waals surface area contributed by atoms with E-state index in [9.17, 15) is 10.1 Å². The maximum absolute atomic E-state index is 12.7. The number of ether oxygens (including phenoxy) is 1. The monoisotopic (exact) mass is 475 g/mol. The first-order valence-corrected chi connectivity index (χ1v) is 13.6. The van der Waals surface area contributed by atoms with Gasteiger partial charge in [-0.2, -0.15) is 5.26 Å². The van der Waals surface area contributed by atoms with Gasteiger partial charge >= 0.3 is 5.97 Å². The van der Waals surface area contributed by atoms with Crippen LogP contribution in [0.2, 0.25) is 0 Å². The fourth-order valence-electron chi connectivity index (χ4n) is 5.03. The van der Waals surface area contributed by atoms with Gasteiger partial charge in [-0.1, -0.05) is 83.1 Å². The number of benzene rings is 1. The zero-order valence-corrected chi connectivity index (χ0v) is 21.6. The maximum atomic E-state index is 12.7. The molecular weight excluding hydrogens is 434 g/mol. The number of nitriles is 1. The van der Waals surface area contributed by atoms with Crippen LogP contribution in [0.4, 0.5) is 0 Å². The summed E-state index contributed by atoms with van der Waals surface area (Å²) in [5.41, 5.74) is 2.84.